The van der Waals surface area contributed by atoms with Gasteiger partial charge in [0.25, 0.3) is 5.91 Å². The second-order valence-corrected chi connectivity index (χ2v) is 6.61. The van der Waals surface area contributed by atoms with Crippen LogP contribution in [0.1, 0.15) is 10.4 Å². The van der Waals surface area contributed by atoms with E-state index in [1.54, 1.807) is 30.2 Å². The summed E-state index contributed by atoms with van der Waals surface area (Å²) in [6, 6.07) is 4.99. The van der Waals surface area contributed by atoms with Crippen LogP contribution in [0.3, 0.4) is 0 Å². The standard InChI is InChI=1S/C17H25N5O3S/c1-3-7-19-17(24)20-13-10-22(11-13)16(23)12-4-5-14(15(9-12)25-2)21-26-8-6-18/h3-5,9,13,21H,1,6-8,10-11,18H2,2H3,(H2,19,20,24). The Bertz CT molecular complexity index is 649. The van der Waals surface area contributed by atoms with Gasteiger partial charge in [-0.2, -0.15) is 0 Å². The van der Waals surface area contributed by atoms with Crippen molar-refractivity contribution in [3.63, 3.8) is 0 Å². The minimum Gasteiger partial charge on any atom is -0.495 e. The number of methoxy groups -OCH3 is 1. The van der Waals surface area contributed by atoms with Gasteiger partial charge in [0.15, 0.2) is 0 Å². The van der Waals surface area contributed by atoms with E-state index in [0.29, 0.717) is 37.5 Å². The summed E-state index contributed by atoms with van der Waals surface area (Å²) in [7, 11) is 1.56. The second-order valence-electron chi connectivity index (χ2n) is 5.70. The highest BCUT2D eigenvalue weighted by Gasteiger charge is 2.32. The molecule has 142 valence electrons. The van der Waals surface area contributed by atoms with Gasteiger partial charge < -0.3 is 30.7 Å². The first kappa shape index (κ1) is 19.9. The van der Waals surface area contributed by atoms with Gasteiger partial charge in [0, 0.05) is 37.5 Å². The van der Waals surface area contributed by atoms with Crippen LogP contribution in [0, 0.1) is 0 Å². The van der Waals surface area contributed by atoms with Crippen molar-refractivity contribution < 1.29 is 14.3 Å². The van der Waals surface area contributed by atoms with Crippen LogP contribution in [-0.4, -0.2) is 61.9 Å². The smallest absolute Gasteiger partial charge is 0.315 e. The van der Waals surface area contributed by atoms with E-state index < -0.39 is 0 Å². The summed E-state index contributed by atoms with van der Waals surface area (Å²) in [5.41, 5.74) is 6.81. The average Bonchev–Trinajstić information content (AvgIpc) is 2.62. The Morgan fingerprint density at radius 1 is 1.46 bits per heavy atom. The molecular formula is C17H25N5O3S. The first-order chi connectivity index (χ1) is 12.6. The lowest BCUT2D eigenvalue weighted by molar-refractivity contribution is 0.0577. The van der Waals surface area contributed by atoms with Gasteiger partial charge in [-0.05, 0) is 18.2 Å². The molecule has 1 heterocycles. The topological polar surface area (TPSA) is 109 Å². The van der Waals surface area contributed by atoms with E-state index >= 15 is 0 Å². The number of urea groups is 1. The monoisotopic (exact) mass is 379 g/mol. The molecule has 1 aromatic rings. The van der Waals surface area contributed by atoms with Crippen LogP contribution < -0.4 is 25.8 Å². The van der Waals surface area contributed by atoms with Gasteiger partial charge >= 0.3 is 6.03 Å². The van der Waals surface area contributed by atoms with E-state index in [1.165, 1.54) is 11.9 Å². The molecule has 1 aliphatic heterocycles. The zero-order chi connectivity index (χ0) is 18.9. The highest BCUT2D eigenvalue weighted by atomic mass is 32.2. The molecule has 8 nitrogen and oxygen atoms in total. The van der Waals surface area contributed by atoms with Gasteiger partial charge in [0.1, 0.15) is 5.75 Å². The van der Waals surface area contributed by atoms with Crippen molar-refractivity contribution in [2.75, 3.05) is 43.8 Å². The third-order valence-corrected chi connectivity index (χ3v) is 4.57. The fourth-order valence-electron chi connectivity index (χ4n) is 2.42. The Kier molecular flexibility index (Phi) is 7.61. The molecule has 1 fully saturated rings. The van der Waals surface area contributed by atoms with Crippen LogP contribution in [-0.2, 0) is 0 Å². The van der Waals surface area contributed by atoms with Gasteiger partial charge in [0.05, 0.1) is 18.8 Å². The van der Waals surface area contributed by atoms with Crippen LogP contribution in [0.4, 0.5) is 10.5 Å². The number of rotatable bonds is 9. The molecule has 0 unspecified atom stereocenters. The number of anilines is 1. The van der Waals surface area contributed by atoms with Gasteiger partial charge in [-0.3, -0.25) is 4.79 Å². The first-order valence-electron chi connectivity index (χ1n) is 8.29. The Hall–Kier alpha value is -2.39. The Morgan fingerprint density at radius 2 is 2.23 bits per heavy atom. The maximum Gasteiger partial charge on any atom is 0.315 e. The average molecular weight is 379 g/mol. The summed E-state index contributed by atoms with van der Waals surface area (Å²) >= 11 is 1.48. The van der Waals surface area contributed by atoms with Crippen molar-refractivity contribution in [3.8, 4) is 5.75 Å². The predicted octanol–water partition coefficient (Wildman–Crippen LogP) is 1.02. The maximum absolute atomic E-state index is 12.6. The first-order valence-corrected chi connectivity index (χ1v) is 9.28. The summed E-state index contributed by atoms with van der Waals surface area (Å²) in [4.78, 5) is 25.8. The molecule has 0 spiro atoms. The normalized spacial score (nSPS) is 13.5. The van der Waals surface area contributed by atoms with Crippen molar-refractivity contribution in [1.29, 1.82) is 0 Å². The van der Waals surface area contributed by atoms with Crippen LogP contribution in [0.5, 0.6) is 5.75 Å². The zero-order valence-corrected chi connectivity index (χ0v) is 15.6. The van der Waals surface area contributed by atoms with Crippen molar-refractivity contribution in [1.82, 2.24) is 15.5 Å². The fraction of sp³-hybridized carbons (Fsp3) is 0.412. The third-order valence-electron chi connectivity index (χ3n) is 3.76. The number of nitrogens with zero attached hydrogens (tertiary/aromatic N) is 1. The minimum absolute atomic E-state index is 0.0423. The Labute approximate surface area is 157 Å². The van der Waals surface area contributed by atoms with E-state index in [-0.39, 0.29) is 18.0 Å². The highest BCUT2D eigenvalue weighted by Crippen LogP contribution is 2.28. The Balaban J connectivity index is 1.88. The van der Waals surface area contributed by atoms with Crippen molar-refractivity contribution >= 4 is 29.6 Å². The quantitative estimate of drug-likeness (QED) is 0.290. The van der Waals surface area contributed by atoms with Gasteiger partial charge in [-0.25, -0.2) is 4.79 Å². The minimum atomic E-state index is -0.255. The molecule has 9 heteroatoms. The number of amides is 3. The predicted molar refractivity (Wildman–Crippen MR) is 105 cm³/mol. The number of hydrogen-bond acceptors (Lipinski definition) is 6. The summed E-state index contributed by atoms with van der Waals surface area (Å²) < 4.78 is 8.52. The number of nitrogens with one attached hydrogen (secondary N) is 3. The van der Waals surface area contributed by atoms with E-state index in [1.807, 2.05) is 6.07 Å². The second kappa shape index (κ2) is 9.93. The number of benzene rings is 1. The van der Waals surface area contributed by atoms with Crippen LogP contribution in [0.2, 0.25) is 0 Å². The molecule has 2 rings (SSSR count). The van der Waals surface area contributed by atoms with E-state index in [4.69, 9.17) is 10.5 Å². The van der Waals surface area contributed by atoms with Crippen LogP contribution in [0.25, 0.3) is 0 Å². The molecule has 26 heavy (non-hydrogen) atoms. The summed E-state index contributed by atoms with van der Waals surface area (Å²) in [6.45, 7) is 5.48. The summed E-state index contributed by atoms with van der Waals surface area (Å²) in [5, 5.41) is 5.45. The van der Waals surface area contributed by atoms with Gasteiger partial charge in [-0.15, -0.1) is 6.58 Å². The van der Waals surface area contributed by atoms with E-state index in [0.717, 1.165) is 11.4 Å². The summed E-state index contributed by atoms with van der Waals surface area (Å²) in [6.07, 6.45) is 1.61. The lowest BCUT2D eigenvalue weighted by atomic mass is 10.1. The van der Waals surface area contributed by atoms with Gasteiger partial charge in [-0.1, -0.05) is 18.0 Å². The number of likely N-dealkylation sites (tertiary alicyclic amines) is 1. The molecule has 3 amide bonds. The molecule has 0 saturated carbocycles. The fourth-order valence-corrected chi connectivity index (χ4v) is 2.96. The number of carbonyl (C=O) groups excluding carboxylic acids is 2. The van der Waals surface area contributed by atoms with Crippen LogP contribution in [0.15, 0.2) is 30.9 Å². The molecule has 1 aromatic carbocycles. The molecule has 5 N–H and O–H groups in total. The number of hydrogen-bond donors (Lipinski definition) is 4. The van der Waals surface area contributed by atoms with E-state index in [2.05, 4.69) is 21.9 Å². The zero-order valence-electron chi connectivity index (χ0n) is 14.8. The molecule has 1 saturated heterocycles. The number of carbonyl (C=O) groups is 2. The lowest BCUT2D eigenvalue weighted by Crippen LogP contribution is -2.62. The van der Waals surface area contributed by atoms with Crippen molar-refractivity contribution in [3.05, 3.63) is 36.4 Å². The lowest BCUT2D eigenvalue weighted by Gasteiger charge is -2.39. The third kappa shape index (κ3) is 5.30. The molecule has 0 bridgehead atoms. The number of nitrogens with two attached hydrogens (primary N) is 1. The maximum atomic E-state index is 12.6. The SMILES string of the molecule is C=CCNC(=O)NC1CN(C(=O)c2ccc(NSCCN)c(OC)c2)C1. The van der Waals surface area contributed by atoms with Gasteiger partial charge in [0.2, 0.25) is 0 Å². The molecule has 1 aliphatic rings. The molecular weight excluding hydrogens is 354 g/mol. The number of ether oxygens (including phenoxy) is 1. The van der Waals surface area contributed by atoms with Crippen LogP contribution >= 0.6 is 11.9 Å². The van der Waals surface area contributed by atoms with Crippen molar-refractivity contribution in [2.24, 2.45) is 5.73 Å². The molecule has 0 aliphatic carbocycles. The Morgan fingerprint density at radius 3 is 2.88 bits per heavy atom. The molecule has 0 atom stereocenters. The molecule has 0 radical (unpaired) electrons. The molecule has 0 aromatic heterocycles. The van der Waals surface area contributed by atoms with Crippen molar-refractivity contribution in [2.45, 2.75) is 6.04 Å². The largest absolute Gasteiger partial charge is 0.495 e. The highest BCUT2D eigenvalue weighted by molar-refractivity contribution is 8.00. The summed E-state index contributed by atoms with van der Waals surface area (Å²) in [5.74, 6) is 1.28. The van der Waals surface area contributed by atoms with E-state index in [9.17, 15) is 9.59 Å².